The van der Waals surface area contributed by atoms with E-state index in [9.17, 15) is 5.11 Å². The van der Waals surface area contributed by atoms with Crippen LogP contribution in [0.3, 0.4) is 0 Å². The monoisotopic (exact) mass is 203 g/mol. The number of aliphatic hydroxyl groups is 1. The maximum atomic E-state index is 9.48. The molecule has 0 saturated carbocycles. The van der Waals surface area contributed by atoms with Crippen molar-refractivity contribution in [1.82, 2.24) is 0 Å². The Morgan fingerprint density at radius 1 is 1.23 bits per heavy atom. The minimum atomic E-state index is -0.661. The van der Waals surface area contributed by atoms with Crippen LogP contribution in [-0.2, 0) is 0 Å². The molecule has 0 spiro atoms. The smallest absolute Gasteiger partial charge is 0.115 e. The number of phenols is 1. The Labute approximate surface area is 83.6 Å². The van der Waals surface area contributed by atoms with Gasteiger partial charge in [-0.3, -0.25) is 0 Å². The molecule has 0 radical (unpaired) electrons. The van der Waals surface area contributed by atoms with Crippen LogP contribution in [0.25, 0.3) is 0 Å². The van der Waals surface area contributed by atoms with Gasteiger partial charge in [0, 0.05) is 6.04 Å². The molecule has 74 valence electrons. The Morgan fingerprint density at radius 2 is 1.69 bits per heavy atom. The van der Waals surface area contributed by atoms with Gasteiger partial charge in [-0.15, -0.1) is 12.4 Å². The van der Waals surface area contributed by atoms with Gasteiger partial charge >= 0.3 is 0 Å². The number of aromatic hydroxyl groups is 1. The number of halogens is 1. The second kappa shape index (κ2) is 5.07. The van der Waals surface area contributed by atoms with Crippen molar-refractivity contribution in [2.24, 2.45) is 5.73 Å². The second-order valence-electron chi connectivity index (χ2n) is 2.90. The Bertz CT molecular complexity index is 248. The van der Waals surface area contributed by atoms with Gasteiger partial charge in [-0.25, -0.2) is 0 Å². The van der Waals surface area contributed by atoms with Crippen molar-refractivity contribution in [3.05, 3.63) is 29.8 Å². The highest BCUT2D eigenvalue weighted by atomic mass is 35.5. The molecule has 1 unspecified atom stereocenters. The maximum Gasteiger partial charge on any atom is 0.115 e. The third-order valence-corrected chi connectivity index (χ3v) is 1.73. The molecule has 0 amide bonds. The van der Waals surface area contributed by atoms with Crippen molar-refractivity contribution in [1.29, 1.82) is 0 Å². The number of benzene rings is 1. The van der Waals surface area contributed by atoms with Crippen LogP contribution in [0.2, 0.25) is 0 Å². The lowest BCUT2D eigenvalue weighted by Gasteiger charge is -2.14. The van der Waals surface area contributed by atoms with Crippen LogP contribution in [0.5, 0.6) is 5.75 Å². The Morgan fingerprint density at radius 3 is 2.08 bits per heavy atom. The largest absolute Gasteiger partial charge is 0.508 e. The molecule has 0 aromatic heterocycles. The highest BCUT2D eigenvalue weighted by Crippen LogP contribution is 2.18. The quantitative estimate of drug-likeness (QED) is 0.677. The van der Waals surface area contributed by atoms with Gasteiger partial charge in [0.25, 0.3) is 0 Å². The average molecular weight is 204 g/mol. The first-order valence-electron chi connectivity index (χ1n) is 3.84. The van der Waals surface area contributed by atoms with Crippen molar-refractivity contribution >= 4 is 12.4 Å². The fourth-order valence-corrected chi connectivity index (χ4v) is 0.975. The second-order valence-corrected chi connectivity index (χ2v) is 2.90. The number of aliphatic hydroxyl groups excluding tert-OH is 1. The molecule has 1 aromatic rings. The molecule has 0 heterocycles. The third-order valence-electron chi connectivity index (χ3n) is 1.73. The summed E-state index contributed by atoms with van der Waals surface area (Å²) < 4.78 is 0. The zero-order valence-corrected chi connectivity index (χ0v) is 8.16. The molecule has 0 bridgehead atoms. The zero-order valence-electron chi connectivity index (χ0n) is 7.34. The fraction of sp³-hybridized carbons (Fsp3) is 0.333. The van der Waals surface area contributed by atoms with Gasteiger partial charge in [-0.05, 0) is 24.6 Å². The van der Waals surface area contributed by atoms with E-state index in [0.717, 1.165) is 5.56 Å². The van der Waals surface area contributed by atoms with E-state index in [0.29, 0.717) is 0 Å². The number of hydrogen-bond donors (Lipinski definition) is 3. The van der Waals surface area contributed by atoms with E-state index in [4.69, 9.17) is 10.8 Å². The summed E-state index contributed by atoms with van der Waals surface area (Å²) in [6, 6.07) is 6.07. The van der Waals surface area contributed by atoms with Gasteiger partial charge in [0.1, 0.15) is 5.75 Å². The number of rotatable bonds is 2. The first kappa shape index (κ1) is 12.2. The Kier molecular flexibility index (Phi) is 4.77. The molecule has 1 rings (SSSR count). The summed E-state index contributed by atoms with van der Waals surface area (Å²) in [6.45, 7) is 1.73. The normalized spacial score (nSPS) is 14.4. The molecule has 0 aliphatic rings. The first-order valence-corrected chi connectivity index (χ1v) is 3.84. The molecular formula is C9H14ClNO2. The lowest BCUT2D eigenvalue weighted by molar-refractivity contribution is 0.153. The van der Waals surface area contributed by atoms with Gasteiger partial charge in [0.2, 0.25) is 0 Å². The molecule has 2 atom stereocenters. The highest BCUT2D eigenvalue weighted by molar-refractivity contribution is 5.85. The number of hydrogen-bond acceptors (Lipinski definition) is 3. The summed E-state index contributed by atoms with van der Waals surface area (Å²) in [6.07, 6.45) is -0.661. The summed E-state index contributed by atoms with van der Waals surface area (Å²) in [5.74, 6) is 0.190. The minimum Gasteiger partial charge on any atom is -0.508 e. The van der Waals surface area contributed by atoms with E-state index >= 15 is 0 Å². The van der Waals surface area contributed by atoms with Crippen LogP contribution in [0, 0.1) is 0 Å². The predicted octanol–water partition coefficient (Wildman–Crippen LogP) is 1.19. The van der Waals surface area contributed by atoms with Gasteiger partial charge in [0.15, 0.2) is 0 Å². The van der Waals surface area contributed by atoms with Crippen molar-refractivity contribution in [3.63, 3.8) is 0 Å². The maximum absolute atomic E-state index is 9.48. The van der Waals surface area contributed by atoms with Crippen molar-refractivity contribution in [3.8, 4) is 5.75 Å². The first-order chi connectivity index (χ1) is 5.61. The van der Waals surface area contributed by atoms with Crippen LogP contribution >= 0.6 is 12.4 Å². The van der Waals surface area contributed by atoms with Crippen LogP contribution in [0.1, 0.15) is 18.6 Å². The fourth-order valence-electron chi connectivity index (χ4n) is 0.975. The van der Waals surface area contributed by atoms with Gasteiger partial charge in [-0.1, -0.05) is 12.1 Å². The van der Waals surface area contributed by atoms with E-state index in [1.165, 1.54) is 12.1 Å². The molecule has 1 aromatic carbocycles. The molecule has 0 aliphatic heterocycles. The summed E-state index contributed by atoms with van der Waals surface area (Å²) in [5, 5.41) is 18.4. The van der Waals surface area contributed by atoms with Crippen LogP contribution in [0.4, 0.5) is 0 Å². The summed E-state index contributed by atoms with van der Waals surface area (Å²) in [4.78, 5) is 0. The van der Waals surface area contributed by atoms with Crippen molar-refractivity contribution in [2.45, 2.75) is 19.1 Å². The lowest BCUT2D eigenvalue weighted by Crippen LogP contribution is -2.24. The zero-order chi connectivity index (χ0) is 9.14. The van der Waals surface area contributed by atoms with Crippen LogP contribution in [0.15, 0.2) is 24.3 Å². The van der Waals surface area contributed by atoms with Gasteiger partial charge in [0.05, 0.1) is 6.10 Å². The highest BCUT2D eigenvalue weighted by Gasteiger charge is 2.11. The van der Waals surface area contributed by atoms with Gasteiger partial charge in [-0.2, -0.15) is 0 Å². The van der Waals surface area contributed by atoms with Crippen molar-refractivity contribution < 1.29 is 10.2 Å². The molecule has 0 aliphatic carbocycles. The van der Waals surface area contributed by atoms with E-state index in [1.54, 1.807) is 19.1 Å². The standard InChI is InChI=1S/C9H13NO2.ClH/c1-6(10)9(12)7-2-4-8(11)5-3-7;/h2-6,9,11-12H,10H2,1H3;1H/t6?,9-;/m1./s1. The molecule has 3 nitrogen and oxygen atoms in total. The van der Waals surface area contributed by atoms with Crippen LogP contribution < -0.4 is 5.73 Å². The SMILES string of the molecule is CC(N)[C@@H](O)c1ccc(O)cc1.Cl. The van der Waals surface area contributed by atoms with E-state index < -0.39 is 6.10 Å². The van der Waals surface area contributed by atoms with E-state index in [-0.39, 0.29) is 24.2 Å². The van der Waals surface area contributed by atoms with Gasteiger partial charge < -0.3 is 15.9 Å². The predicted molar refractivity (Wildman–Crippen MR) is 54.0 cm³/mol. The molecular weight excluding hydrogens is 190 g/mol. The summed E-state index contributed by atoms with van der Waals surface area (Å²) >= 11 is 0. The van der Waals surface area contributed by atoms with Crippen LogP contribution in [-0.4, -0.2) is 16.3 Å². The third kappa shape index (κ3) is 3.22. The molecule has 0 fully saturated rings. The Hall–Kier alpha value is -0.770. The molecule has 0 saturated heterocycles. The summed E-state index contributed by atoms with van der Waals surface area (Å²) in [5.41, 5.74) is 6.22. The summed E-state index contributed by atoms with van der Waals surface area (Å²) in [7, 11) is 0. The minimum absolute atomic E-state index is 0. The lowest BCUT2D eigenvalue weighted by atomic mass is 10.0. The van der Waals surface area contributed by atoms with E-state index in [1.807, 2.05) is 0 Å². The van der Waals surface area contributed by atoms with Crippen molar-refractivity contribution in [2.75, 3.05) is 0 Å². The van der Waals surface area contributed by atoms with E-state index in [2.05, 4.69) is 0 Å². The topological polar surface area (TPSA) is 66.5 Å². The average Bonchev–Trinajstić information content (AvgIpc) is 2.04. The number of nitrogens with two attached hydrogens (primary N) is 1. The molecule has 4 N–H and O–H groups in total. The molecule has 4 heteroatoms. The number of phenolic OH excluding ortho intramolecular Hbond substituents is 1. The Balaban J connectivity index is 0.00000144. The molecule has 13 heavy (non-hydrogen) atoms.